The summed E-state index contributed by atoms with van der Waals surface area (Å²) in [6.45, 7) is 5.88. The van der Waals surface area contributed by atoms with Crippen LogP contribution in [0.2, 0.25) is 0 Å². The Labute approximate surface area is 136 Å². The summed E-state index contributed by atoms with van der Waals surface area (Å²) in [6.07, 6.45) is 0. The van der Waals surface area contributed by atoms with E-state index >= 15 is 0 Å². The standard InChI is InChI=1S/C21H20O2/c1-14(2)20(22)18-13-19(16-11-9-15(3)10-12-16)23-21(18)17-7-5-4-6-8-17/h4-14H,1-3H3. The molecule has 0 saturated heterocycles. The summed E-state index contributed by atoms with van der Waals surface area (Å²) in [5, 5.41) is 0. The lowest BCUT2D eigenvalue weighted by molar-refractivity contribution is 0.0939. The molecule has 0 N–H and O–H groups in total. The Morgan fingerprint density at radius 3 is 2.17 bits per heavy atom. The van der Waals surface area contributed by atoms with E-state index in [1.54, 1.807) is 0 Å². The molecule has 0 amide bonds. The van der Waals surface area contributed by atoms with Crippen molar-refractivity contribution < 1.29 is 9.21 Å². The molecule has 23 heavy (non-hydrogen) atoms. The van der Waals surface area contributed by atoms with E-state index < -0.39 is 0 Å². The van der Waals surface area contributed by atoms with Crippen LogP contribution in [0.3, 0.4) is 0 Å². The summed E-state index contributed by atoms with van der Waals surface area (Å²) < 4.78 is 6.08. The predicted octanol–water partition coefficient (Wildman–Crippen LogP) is 5.76. The first-order chi connectivity index (χ1) is 11.1. The van der Waals surface area contributed by atoms with Gasteiger partial charge in [-0.05, 0) is 13.0 Å². The van der Waals surface area contributed by atoms with Crippen LogP contribution in [0.25, 0.3) is 22.6 Å². The second-order valence-corrected chi connectivity index (χ2v) is 6.10. The van der Waals surface area contributed by atoms with Crippen molar-refractivity contribution in [1.29, 1.82) is 0 Å². The van der Waals surface area contributed by atoms with Crippen molar-refractivity contribution in [3.8, 4) is 22.6 Å². The van der Waals surface area contributed by atoms with Gasteiger partial charge in [-0.3, -0.25) is 4.79 Å². The third-order valence-corrected chi connectivity index (χ3v) is 3.89. The highest BCUT2D eigenvalue weighted by atomic mass is 16.3. The summed E-state index contributed by atoms with van der Waals surface area (Å²) in [5.41, 5.74) is 3.76. The van der Waals surface area contributed by atoms with Gasteiger partial charge in [0.1, 0.15) is 11.5 Å². The fourth-order valence-electron chi connectivity index (χ4n) is 2.55. The highest BCUT2D eigenvalue weighted by Crippen LogP contribution is 2.34. The zero-order valence-corrected chi connectivity index (χ0v) is 13.7. The smallest absolute Gasteiger partial charge is 0.169 e. The molecule has 0 unspecified atom stereocenters. The molecule has 1 aromatic heterocycles. The Balaban J connectivity index is 2.14. The summed E-state index contributed by atoms with van der Waals surface area (Å²) >= 11 is 0. The van der Waals surface area contributed by atoms with Crippen LogP contribution >= 0.6 is 0 Å². The van der Waals surface area contributed by atoms with Crippen LogP contribution in [0.15, 0.2) is 65.1 Å². The first kappa shape index (κ1) is 15.3. The minimum absolute atomic E-state index is 0.0686. The van der Waals surface area contributed by atoms with Gasteiger partial charge >= 0.3 is 0 Å². The molecule has 2 aromatic carbocycles. The molecule has 116 valence electrons. The number of benzene rings is 2. The van der Waals surface area contributed by atoms with E-state index in [1.165, 1.54) is 5.56 Å². The van der Waals surface area contributed by atoms with Crippen LogP contribution < -0.4 is 0 Å². The van der Waals surface area contributed by atoms with E-state index in [2.05, 4.69) is 6.92 Å². The van der Waals surface area contributed by atoms with Gasteiger partial charge in [0.2, 0.25) is 0 Å². The van der Waals surface area contributed by atoms with Gasteiger partial charge in [-0.15, -0.1) is 0 Å². The fraction of sp³-hybridized carbons (Fsp3) is 0.190. The maximum atomic E-state index is 12.6. The third-order valence-electron chi connectivity index (χ3n) is 3.89. The zero-order chi connectivity index (χ0) is 16.4. The monoisotopic (exact) mass is 304 g/mol. The third kappa shape index (κ3) is 3.11. The zero-order valence-electron chi connectivity index (χ0n) is 13.7. The molecule has 3 rings (SSSR count). The maximum Gasteiger partial charge on any atom is 0.169 e. The first-order valence-electron chi connectivity index (χ1n) is 7.87. The van der Waals surface area contributed by atoms with Crippen LogP contribution in [-0.2, 0) is 0 Å². The van der Waals surface area contributed by atoms with Crippen LogP contribution in [-0.4, -0.2) is 5.78 Å². The molecule has 3 aromatic rings. The summed E-state index contributed by atoms with van der Waals surface area (Å²) in [6, 6.07) is 19.8. The van der Waals surface area contributed by atoms with Crippen molar-refractivity contribution >= 4 is 5.78 Å². The SMILES string of the molecule is Cc1ccc(-c2cc(C(=O)C(C)C)c(-c3ccccc3)o2)cc1. The first-order valence-corrected chi connectivity index (χ1v) is 7.87. The molecule has 2 heteroatoms. The van der Waals surface area contributed by atoms with Gasteiger partial charge in [0.05, 0.1) is 5.56 Å². The molecule has 0 bridgehead atoms. The van der Waals surface area contributed by atoms with E-state index in [0.29, 0.717) is 11.3 Å². The minimum atomic E-state index is -0.0686. The topological polar surface area (TPSA) is 30.2 Å². The number of hydrogen-bond donors (Lipinski definition) is 0. The molecule has 0 atom stereocenters. The molecule has 1 heterocycles. The number of ketones is 1. The highest BCUT2D eigenvalue weighted by molar-refractivity contribution is 6.03. The number of rotatable bonds is 4. The van der Waals surface area contributed by atoms with Crippen molar-refractivity contribution in [3.63, 3.8) is 0 Å². The van der Waals surface area contributed by atoms with Gasteiger partial charge in [-0.2, -0.15) is 0 Å². The van der Waals surface area contributed by atoms with E-state index in [9.17, 15) is 4.79 Å². The van der Waals surface area contributed by atoms with Gasteiger partial charge in [0.25, 0.3) is 0 Å². The second kappa shape index (κ2) is 6.25. The van der Waals surface area contributed by atoms with Crippen molar-refractivity contribution in [3.05, 3.63) is 71.8 Å². The Morgan fingerprint density at radius 2 is 1.57 bits per heavy atom. The largest absolute Gasteiger partial charge is 0.455 e. The van der Waals surface area contributed by atoms with Gasteiger partial charge in [0.15, 0.2) is 5.78 Å². The lowest BCUT2D eigenvalue weighted by Gasteiger charge is -2.04. The predicted molar refractivity (Wildman–Crippen MR) is 93.5 cm³/mol. The number of carbonyl (C=O) groups excluding carboxylic acids is 1. The normalized spacial score (nSPS) is 11.0. The lowest BCUT2D eigenvalue weighted by Crippen LogP contribution is -2.07. The van der Waals surface area contributed by atoms with Crippen LogP contribution in [0.1, 0.15) is 29.8 Å². The highest BCUT2D eigenvalue weighted by Gasteiger charge is 2.21. The quantitative estimate of drug-likeness (QED) is 0.573. The minimum Gasteiger partial charge on any atom is -0.455 e. The van der Waals surface area contributed by atoms with Gasteiger partial charge in [-0.25, -0.2) is 0 Å². The molecule has 0 aliphatic heterocycles. The summed E-state index contributed by atoms with van der Waals surface area (Å²) in [7, 11) is 0. The Morgan fingerprint density at radius 1 is 0.913 bits per heavy atom. The molecular weight excluding hydrogens is 284 g/mol. The van der Waals surface area contributed by atoms with E-state index in [4.69, 9.17) is 4.42 Å². The van der Waals surface area contributed by atoms with Crippen LogP contribution in [0, 0.1) is 12.8 Å². The van der Waals surface area contributed by atoms with Crippen molar-refractivity contribution in [1.82, 2.24) is 0 Å². The molecule has 0 saturated carbocycles. The average molecular weight is 304 g/mol. The molecule has 2 nitrogen and oxygen atoms in total. The lowest BCUT2D eigenvalue weighted by atomic mass is 9.98. The Bertz CT molecular complexity index is 809. The Hall–Kier alpha value is -2.61. The van der Waals surface area contributed by atoms with E-state index in [-0.39, 0.29) is 11.7 Å². The molecule has 0 fully saturated rings. The van der Waals surface area contributed by atoms with Crippen molar-refractivity contribution in [2.75, 3.05) is 0 Å². The number of aryl methyl sites for hydroxylation is 1. The molecule has 0 aliphatic rings. The maximum absolute atomic E-state index is 12.6. The molecule has 0 radical (unpaired) electrons. The van der Waals surface area contributed by atoms with Crippen molar-refractivity contribution in [2.45, 2.75) is 20.8 Å². The van der Waals surface area contributed by atoms with E-state index in [1.807, 2.05) is 74.5 Å². The Kier molecular flexibility index (Phi) is 4.16. The number of furan rings is 1. The summed E-state index contributed by atoms with van der Waals surface area (Å²) in [4.78, 5) is 12.6. The second-order valence-electron chi connectivity index (χ2n) is 6.10. The fourth-order valence-corrected chi connectivity index (χ4v) is 2.55. The summed E-state index contributed by atoms with van der Waals surface area (Å²) in [5.74, 6) is 1.42. The van der Waals surface area contributed by atoms with Gasteiger partial charge < -0.3 is 4.42 Å². The van der Waals surface area contributed by atoms with Crippen LogP contribution in [0.4, 0.5) is 0 Å². The number of carbonyl (C=O) groups is 1. The molecule has 0 aliphatic carbocycles. The van der Waals surface area contributed by atoms with Gasteiger partial charge in [-0.1, -0.05) is 74.0 Å². The van der Waals surface area contributed by atoms with E-state index in [0.717, 1.165) is 16.9 Å². The van der Waals surface area contributed by atoms with Crippen molar-refractivity contribution in [2.24, 2.45) is 5.92 Å². The number of Topliss-reactive ketones (excluding diaryl/α,β-unsaturated/α-hetero) is 1. The number of hydrogen-bond acceptors (Lipinski definition) is 2. The average Bonchev–Trinajstić information content (AvgIpc) is 3.00. The molecule has 0 spiro atoms. The molecular formula is C21H20O2. The van der Waals surface area contributed by atoms with Gasteiger partial charge in [0, 0.05) is 17.0 Å². The van der Waals surface area contributed by atoms with Crippen LogP contribution in [0.5, 0.6) is 0 Å².